The van der Waals surface area contributed by atoms with Gasteiger partial charge in [0.1, 0.15) is 5.69 Å². The van der Waals surface area contributed by atoms with Crippen LogP contribution in [0.1, 0.15) is 61.8 Å². The Morgan fingerprint density at radius 2 is 1.42 bits per heavy atom. The van der Waals surface area contributed by atoms with Crippen molar-refractivity contribution in [3.8, 4) is 0 Å². The highest BCUT2D eigenvalue weighted by Crippen LogP contribution is 2.25. The molecule has 0 aliphatic carbocycles. The van der Waals surface area contributed by atoms with Gasteiger partial charge in [0.15, 0.2) is 0 Å². The number of carbonyl (C=O) groups is 1. The molecule has 0 bridgehead atoms. The van der Waals surface area contributed by atoms with Crippen molar-refractivity contribution in [2.24, 2.45) is 11.3 Å². The van der Waals surface area contributed by atoms with Crippen LogP contribution in [0.25, 0.3) is 0 Å². The van der Waals surface area contributed by atoms with Gasteiger partial charge in [-0.1, -0.05) is 55.4 Å². The molecular formula is C21H41N2O+. The number of nitrogens with zero attached hydrogens (tertiary/aromatic N) is 1. The van der Waals surface area contributed by atoms with Gasteiger partial charge >= 0.3 is 0 Å². The van der Waals surface area contributed by atoms with Gasteiger partial charge in [0, 0.05) is 23.7 Å². The minimum Gasteiger partial charge on any atom is -0.326 e. The van der Waals surface area contributed by atoms with Crippen LogP contribution >= 0.6 is 0 Å². The lowest BCUT2D eigenvalue weighted by Gasteiger charge is -2.24. The molecule has 0 aromatic heterocycles. The molecule has 0 aliphatic heterocycles. The van der Waals surface area contributed by atoms with Crippen molar-refractivity contribution in [1.82, 2.24) is 4.48 Å². The zero-order valence-corrected chi connectivity index (χ0v) is 17.9. The van der Waals surface area contributed by atoms with Crippen LogP contribution in [-0.4, -0.2) is 27.1 Å². The summed E-state index contributed by atoms with van der Waals surface area (Å²) < 4.78 is 0.772. The summed E-state index contributed by atoms with van der Waals surface area (Å²) in [6.45, 7) is 16.5. The first-order chi connectivity index (χ1) is 11.0. The van der Waals surface area contributed by atoms with Crippen LogP contribution < -0.4 is 9.80 Å². The van der Waals surface area contributed by atoms with E-state index in [9.17, 15) is 4.79 Å². The molecule has 1 atom stereocenters. The molecule has 140 valence electrons. The molecule has 24 heavy (non-hydrogen) atoms. The van der Waals surface area contributed by atoms with Gasteiger partial charge < -0.3 is 5.32 Å². The molecule has 1 amide bonds. The van der Waals surface area contributed by atoms with E-state index < -0.39 is 0 Å². The van der Waals surface area contributed by atoms with Gasteiger partial charge in [-0.2, -0.15) is 0 Å². The summed E-state index contributed by atoms with van der Waals surface area (Å²) in [4.78, 5) is 12.2. The van der Waals surface area contributed by atoms with E-state index in [1.165, 1.54) is 5.69 Å². The Bertz CT molecular complexity index is 450. The lowest BCUT2D eigenvalue weighted by atomic mass is 9.85. The van der Waals surface area contributed by atoms with Gasteiger partial charge in [0.2, 0.25) is 5.91 Å². The van der Waals surface area contributed by atoms with Gasteiger partial charge in [0.25, 0.3) is 0 Å². The van der Waals surface area contributed by atoms with Crippen molar-refractivity contribution in [3.63, 3.8) is 0 Å². The third-order valence-corrected chi connectivity index (χ3v) is 3.28. The first-order valence-corrected chi connectivity index (χ1v) is 9.22. The van der Waals surface area contributed by atoms with E-state index in [-0.39, 0.29) is 17.2 Å². The van der Waals surface area contributed by atoms with Gasteiger partial charge in [-0.3, -0.25) is 9.28 Å². The second-order valence-electron chi connectivity index (χ2n) is 7.71. The molecule has 0 heterocycles. The monoisotopic (exact) mass is 337 g/mol. The fourth-order valence-corrected chi connectivity index (χ4v) is 2.27. The minimum atomic E-state index is 0.0214. The Hall–Kier alpha value is -1.35. The molecule has 0 saturated carbocycles. The lowest BCUT2D eigenvalue weighted by Crippen LogP contribution is -2.34. The molecule has 0 aliphatic rings. The summed E-state index contributed by atoms with van der Waals surface area (Å²) in [5, 5.41) is 3.00. The molecule has 1 rings (SSSR count). The molecule has 1 N–H and O–H groups in total. The number of quaternary nitrogens is 1. The fraction of sp³-hybridized carbons (Fsp3) is 0.667. The Labute approximate surface area is 151 Å². The average Bonchev–Trinajstić information content (AvgIpc) is 2.49. The lowest BCUT2D eigenvalue weighted by molar-refractivity contribution is -0.120. The van der Waals surface area contributed by atoms with Crippen LogP contribution in [0.2, 0.25) is 0 Å². The number of amides is 1. The van der Waals surface area contributed by atoms with Crippen LogP contribution in [-0.2, 0) is 4.79 Å². The van der Waals surface area contributed by atoms with E-state index in [1.807, 2.05) is 46.8 Å². The first kappa shape index (κ1) is 24.9. The van der Waals surface area contributed by atoms with Gasteiger partial charge in [-0.25, -0.2) is 0 Å². The number of nitrogens with one attached hydrogen (secondary N) is 1. The minimum absolute atomic E-state index is 0.0214. The predicted octanol–water partition coefficient (Wildman–Crippen LogP) is 5.95. The van der Waals surface area contributed by atoms with E-state index in [1.54, 1.807) is 0 Å². The highest BCUT2D eigenvalue weighted by molar-refractivity contribution is 5.92. The predicted molar refractivity (Wildman–Crippen MR) is 111 cm³/mol. The molecular weight excluding hydrogens is 296 g/mol. The average molecular weight is 338 g/mol. The van der Waals surface area contributed by atoms with Crippen molar-refractivity contribution in [2.45, 2.75) is 61.8 Å². The summed E-state index contributed by atoms with van der Waals surface area (Å²) >= 11 is 0. The van der Waals surface area contributed by atoms with E-state index in [0.29, 0.717) is 0 Å². The molecule has 0 spiro atoms. The Morgan fingerprint density at radius 3 is 1.75 bits per heavy atom. The van der Waals surface area contributed by atoms with Gasteiger partial charge in [-0.05, 0) is 24.0 Å². The summed E-state index contributed by atoms with van der Waals surface area (Å²) in [5.41, 5.74) is 2.25. The van der Waals surface area contributed by atoms with E-state index in [2.05, 4.69) is 59.4 Å². The number of carbonyl (C=O) groups excluding carboxylic acids is 1. The molecule has 1 aromatic rings. The molecule has 1 unspecified atom stereocenters. The van der Waals surface area contributed by atoms with Crippen LogP contribution in [0.5, 0.6) is 0 Å². The molecule has 1 aromatic carbocycles. The molecule has 0 radical (unpaired) electrons. The standard InChI is InChI=1S/C17H28N2O.2C2H6/c1-13(12-17(2,3)4)16(20)18-14-8-10-15(11-9-14)19(5,6)7;2*1-2/h8-11,13H,12H2,1-7H3;2*1-2H3/p+1. The summed E-state index contributed by atoms with van der Waals surface area (Å²) in [5.74, 6) is 0.117. The smallest absolute Gasteiger partial charge is 0.227 e. The highest BCUT2D eigenvalue weighted by atomic mass is 16.1. The summed E-state index contributed by atoms with van der Waals surface area (Å²) in [7, 11) is 6.37. The number of hydrogen-bond donors (Lipinski definition) is 1. The number of benzene rings is 1. The van der Waals surface area contributed by atoms with E-state index >= 15 is 0 Å². The Kier molecular flexibility index (Phi) is 11.7. The van der Waals surface area contributed by atoms with Crippen molar-refractivity contribution in [3.05, 3.63) is 24.3 Å². The normalized spacial score (nSPS) is 12.1. The first-order valence-electron chi connectivity index (χ1n) is 9.22. The molecule has 0 fully saturated rings. The summed E-state index contributed by atoms with van der Waals surface area (Å²) in [6.07, 6.45) is 0.885. The third-order valence-electron chi connectivity index (χ3n) is 3.28. The SMILES string of the molecule is CC.CC.CC(CC(C)(C)C)C(=O)Nc1ccc([N+](C)(C)C)cc1. The third kappa shape index (κ3) is 10.4. The van der Waals surface area contributed by atoms with Crippen LogP contribution in [0, 0.1) is 11.3 Å². The zero-order chi connectivity index (χ0) is 19.6. The van der Waals surface area contributed by atoms with Crippen molar-refractivity contribution >= 4 is 17.3 Å². The Balaban J connectivity index is 0. The van der Waals surface area contributed by atoms with Crippen molar-refractivity contribution in [1.29, 1.82) is 0 Å². The highest BCUT2D eigenvalue weighted by Gasteiger charge is 2.21. The van der Waals surface area contributed by atoms with Crippen molar-refractivity contribution in [2.75, 3.05) is 26.5 Å². The topological polar surface area (TPSA) is 29.1 Å². The fourth-order valence-electron chi connectivity index (χ4n) is 2.27. The van der Waals surface area contributed by atoms with Crippen molar-refractivity contribution < 1.29 is 4.79 Å². The molecule has 0 saturated heterocycles. The van der Waals surface area contributed by atoms with Gasteiger partial charge in [-0.15, -0.1) is 0 Å². The van der Waals surface area contributed by atoms with Crippen LogP contribution in [0.15, 0.2) is 24.3 Å². The number of anilines is 1. The molecule has 3 nitrogen and oxygen atoms in total. The molecule has 3 heteroatoms. The Morgan fingerprint density at radius 1 is 1.00 bits per heavy atom. The van der Waals surface area contributed by atoms with Crippen LogP contribution in [0.4, 0.5) is 11.4 Å². The number of hydrogen-bond acceptors (Lipinski definition) is 1. The second-order valence-corrected chi connectivity index (χ2v) is 7.71. The van der Waals surface area contributed by atoms with Gasteiger partial charge in [0.05, 0.1) is 21.1 Å². The number of rotatable bonds is 4. The second kappa shape index (κ2) is 11.2. The largest absolute Gasteiger partial charge is 0.326 e. The van der Waals surface area contributed by atoms with E-state index in [4.69, 9.17) is 0 Å². The maximum absolute atomic E-state index is 12.2. The maximum Gasteiger partial charge on any atom is 0.227 e. The van der Waals surface area contributed by atoms with Crippen LogP contribution in [0.3, 0.4) is 0 Å². The quantitative estimate of drug-likeness (QED) is 0.676. The summed E-state index contributed by atoms with van der Waals surface area (Å²) in [6, 6.07) is 8.06. The van der Waals surface area contributed by atoms with E-state index in [0.717, 1.165) is 16.6 Å². The zero-order valence-electron chi connectivity index (χ0n) is 17.9. The maximum atomic E-state index is 12.2.